The largest absolute Gasteiger partial charge is 0.479 e. The summed E-state index contributed by atoms with van der Waals surface area (Å²) in [4.78, 5) is 30.7. The van der Waals surface area contributed by atoms with Crippen LogP contribution in [0.3, 0.4) is 0 Å². The molecule has 1 aliphatic heterocycles. The van der Waals surface area contributed by atoms with Crippen molar-refractivity contribution in [3.05, 3.63) is 34.3 Å². The summed E-state index contributed by atoms with van der Waals surface area (Å²) in [7, 11) is 1.72. The Bertz CT molecular complexity index is 789. The van der Waals surface area contributed by atoms with Gasteiger partial charge in [-0.3, -0.25) is 4.79 Å². The van der Waals surface area contributed by atoms with E-state index < -0.39 is 6.10 Å². The van der Waals surface area contributed by atoms with Crippen LogP contribution in [0.15, 0.2) is 24.4 Å². The van der Waals surface area contributed by atoms with Crippen molar-refractivity contribution in [2.45, 2.75) is 26.5 Å². The van der Waals surface area contributed by atoms with Crippen molar-refractivity contribution in [3.8, 4) is 5.75 Å². The fourth-order valence-corrected chi connectivity index (χ4v) is 3.14. The number of amides is 3. The van der Waals surface area contributed by atoms with Crippen LogP contribution in [-0.2, 0) is 11.3 Å². The normalized spacial score (nSPS) is 16.0. The van der Waals surface area contributed by atoms with Gasteiger partial charge in [0.2, 0.25) is 0 Å². The zero-order valence-electron chi connectivity index (χ0n) is 13.6. The standard InChI is InChI=1S/C16H18N4O3S/c1-9-15(21)19-13-6-11(4-5-14(13)23-9)18-16(22)20(3)8-12-7-17-10(2)24-12/h4-7,9H,8H2,1-3H3,(H,18,22)(H,19,21). The molecule has 0 aliphatic carbocycles. The van der Waals surface area contributed by atoms with Gasteiger partial charge in [0, 0.05) is 23.8 Å². The number of ether oxygens (including phenoxy) is 1. The van der Waals surface area contributed by atoms with E-state index in [1.54, 1.807) is 54.6 Å². The SMILES string of the molecule is Cc1ncc(CN(C)C(=O)Nc2ccc3c(c2)NC(=O)C(C)O3)s1. The van der Waals surface area contributed by atoms with Gasteiger partial charge in [-0.1, -0.05) is 0 Å². The Labute approximate surface area is 143 Å². The Morgan fingerprint density at radius 3 is 3.00 bits per heavy atom. The Balaban J connectivity index is 1.66. The summed E-state index contributed by atoms with van der Waals surface area (Å²) < 4.78 is 5.49. The van der Waals surface area contributed by atoms with Crippen molar-refractivity contribution < 1.29 is 14.3 Å². The number of hydrogen-bond acceptors (Lipinski definition) is 5. The average molecular weight is 346 g/mol. The quantitative estimate of drug-likeness (QED) is 0.895. The number of benzene rings is 1. The molecule has 1 unspecified atom stereocenters. The van der Waals surface area contributed by atoms with E-state index in [-0.39, 0.29) is 11.9 Å². The minimum absolute atomic E-state index is 0.205. The molecular weight excluding hydrogens is 328 g/mol. The van der Waals surface area contributed by atoms with Crippen molar-refractivity contribution in [2.75, 3.05) is 17.7 Å². The average Bonchev–Trinajstić information content (AvgIpc) is 2.93. The molecule has 24 heavy (non-hydrogen) atoms. The van der Waals surface area contributed by atoms with Gasteiger partial charge in [-0.15, -0.1) is 11.3 Å². The van der Waals surface area contributed by atoms with Gasteiger partial charge in [-0.2, -0.15) is 0 Å². The molecule has 0 fully saturated rings. The van der Waals surface area contributed by atoms with Gasteiger partial charge >= 0.3 is 6.03 Å². The Morgan fingerprint density at radius 1 is 1.50 bits per heavy atom. The molecule has 1 atom stereocenters. The van der Waals surface area contributed by atoms with E-state index >= 15 is 0 Å². The molecule has 3 rings (SSSR count). The molecule has 7 nitrogen and oxygen atoms in total. The van der Waals surface area contributed by atoms with Gasteiger partial charge in [-0.05, 0) is 32.0 Å². The first-order valence-corrected chi connectivity index (χ1v) is 8.29. The third kappa shape index (κ3) is 3.48. The zero-order chi connectivity index (χ0) is 17.3. The minimum Gasteiger partial charge on any atom is -0.479 e. The highest BCUT2D eigenvalue weighted by Crippen LogP contribution is 2.32. The summed E-state index contributed by atoms with van der Waals surface area (Å²) in [6.45, 7) is 4.10. The van der Waals surface area contributed by atoms with E-state index in [2.05, 4.69) is 15.6 Å². The maximum atomic E-state index is 12.3. The molecule has 3 amide bonds. The maximum absolute atomic E-state index is 12.3. The number of rotatable bonds is 3. The molecule has 126 valence electrons. The summed E-state index contributed by atoms with van der Waals surface area (Å²) in [5, 5.41) is 6.54. The first kappa shape index (κ1) is 16.3. The molecule has 0 saturated carbocycles. The van der Waals surface area contributed by atoms with Crippen molar-refractivity contribution in [3.63, 3.8) is 0 Å². The maximum Gasteiger partial charge on any atom is 0.321 e. The van der Waals surface area contributed by atoms with E-state index in [0.29, 0.717) is 23.7 Å². The molecule has 2 aromatic rings. The molecule has 8 heteroatoms. The smallest absolute Gasteiger partial charge is 0.321 e. The van der Waals surface area contributed by atoms with Crippen molar-refractivity contribution in [1.82, 2.24) is 9.88 Å². The first-order valence-electron chi connectivity index (χ1n) is 7.47. The molecule has 0 radical (unpaired) electrons. The molecule has 1 aromatic heterocycles. The molecule has 2 heterocycles. The van der Waals surface area contributed by atoms with Crippen LogP contribution < -0.4 is 15.4 Å². The first-order chi connectivity index (χ1) is 11.4. The van der Waals surface area contributed by atoms with Crippen LogP contribution in [0.1, 0.15) is 16.8 Å². The van der Waals surface area contributed by atoms with E-state index in [0.717, 1.165) is 9.88 Å². The third-order valence-electron chi connectivity index (χ3n) is 3.57. The predicted molar refractivity (Wildman–Crippen MR) is 92.5 cm³/mol. The van der Waals surface area contributed by atoms with Crippen molar-refractivity contribution in [1.29, 1.82) is 0 Å². The molecule has 2 N–H and O–H groups in total. The minimum atomic E-state index is -0.521. The van der Waals surface area contributed by atoms with Crippen LogP contribution in [-0.4, -0.2) is 35.0 Å². The zero-order valence-corrected chi connectivity index (χ0v) is 14.4. The molecule has 0 saturated heterocycles. The second-order valence-corrected chi connectivity index (χ2v) is 6.91. The van der Waals surface area contributed by atoms with Gasteiger partial charge < -0.3 is 20.3 Å². The van der Waals surface area contributed by atoms with E-state index in [9.17, 15) is 9.59 Å². The number of anilines is 2. The van der Waals surface area contributed by atoms with Gasteiger partial charge in [-0.25, -0.2) is 9.78 Å². The lowest BCUT2D eigenvalue weighted by atomic mass is 10.2. The van der Waals surface area contributed by atoms with Crippen molar-refractivity contribution >= 4 is 34.6 Å². The Hall–Kier alpha value is -2.61. The molecule has 0 spiro atoms. The number of carbonyl (C=O) groups excluding carboxylic acids is 2. The lowest BCUT2D eigenvalue weighted by Gasteiger charge is -2.24. The van der Waals surface area contributed by atoms with Gasteiger partial charge in [0.05, 0.1) is 17.2 Å². The fraction of sp³-hybridized carbons (Fsp3) is 0.312. The predicted octanol–water partition coefficient (Wildman–Crippen LogP) is 2.83. The van der Waals surface area contributed by atoms with Crippen LogP contribution in [0, 0.1) is 6.92 Å². The van der Waals surface area contributed by atoms with Crippen molar-refractivity contribution in [2.24, 2.45) is 0 Å². The number of urea groups is 1. The van der Waals surface area contributed by atoms with Crippen LogP contribution in [0.5, 0.6) is 5.75 Å². The van der Waals surface area contributed by atoms with Gasteiger partial charge in [0.1, 0.15) is 5.75 Å². The summed E-state index contributed by atoms with van der Waals surface area (Å²) in [5.74, 6) is 0.386. The fourth-order valence-electron chi connectivity index (χ4n) is 2.29. The van der Waals surface area contributed by atoms with E-state index in [1.165, 1.54) is 0 Å². The second-order valence-electron chi connectivity index (χ2n) is 5.59. The van der Waals surface area contributed by atoms with Crippen LogP contribution in [0.25, 0.3) is 0 Å². The number of aromatic nitrogens is 1. The molecule has 0 bridgehead atoms. The third-order valence-corrected chi connectivity index (χ3v) is 4.47. The number of aryl methyl sites for hydroxylation is 1. The molecular formula is C16H18N4O3S. The number of carbonyl (C=O) groups is 2. The lowest BCUT2D eigenvalue weighted by Crippen LogP contribution is -2.34. The number of nitrogens with zero attached hydrogens (tertiary/aromatic N) is 2. The number of fused-ring (bicyclic) bond motifs is 1. The second kappa shape index (κ2) is 6.48. The number of nitrogens with one attached hydrogen (secondary N) is 2. The summed E-state index contributed by atoms with van der Waals surface area (Å²) in [6, 6.07) is 4.92. The summed E-state index contributed by atoms with van der Waals surface area (Å²) in [5.41, 5.74) is 1.14. The summed E-state index contributed by atoms with van der Waals surface area (Å²) in [6.07, 6.45) is 1.25. The molecule has 1 aromatic carbocycles. The highest BCUT2D eigenvalue weighted by molar-refractivity contribution is 7.11. The van der Waals surface area contributed by atoms with Gasteiger partial charge in [0.25, 0.3) is 5.91 Å². The number of thiazole rings is 1. The Morgan fingerprint density at radius 2 is 2.29 bits per heavy atom. The number of hydrogen-bond donors (Lipinski definition) is 2. The highest BCUT2D eigenvalue weighted by atomic mass is 32.1. The van der Waals surface area contributed by atoms with Crippen LogP contribution >= 0.6 is 11.3 Å². The molecule has 1 aliphatic rings. The van der Waals surface area contributed by atoms with Gasteiger partial charge in [0.15, 0.2) is 6.10 Å². The Kier molecular flexibility index (Phi) is 4.39. The highest BCUT2D eigenvalue weighted by Gasteiger charge is 2.23. The van der Waals surface area contributed by atoms with E-state index in [1.807, 2.05) is 6.92 Å². The topological polar surface area (TPSA) is 83.6 Å². The van der Waals surface area contributed by atoms with E-state index in [4.69, 9.17) is 4.74 Å². The van der Waals surface area contributed by atoms with Crippen LogP contribution in [0.2, 0.25) is 0 Å². The summed E-state index contributed by atoms with van der Waals surface area (Å²) >= 11 is 1.56. The van der Waals surface area contributed by atoms with Crippen LogP contribution in [0.4, 0.5) is 16.2 Å². The lowest BCUT2D eigenvalue weighted by molar-refractivity contribution is -0.122. The monoisotopic (exact) mass is 346 g/mol.